The predicted molar refractivity (Wildman–Crippen MR) is 113 cm³/mol. The second-order valence-electron chi connectivity index (χ2n) is 7.27. The van der Waals surface area contributed by atoms with Gasteiger partial charge < -0.3 is 9.14 Å². The molecule has 0 radical (unpaired) electrons. The maximum Gasteiger partial charge on any atom is 0.167 e. The van der Waals surface area contributed by atoms with E-state index in [0.29, 0.717) is 12.3 Å². The maximum absolute atomic E-state index is 11.9. The lowest BCUT2D eigenvalue weighted by molar-refractivity contribution is 0.111. The van der Waals surface area contributed by atoms with Gasteiger partial charge in [-0.25, -0.2) is 0 Å². The van der Waals surface area contributed by atoms with E-state index in [1.54, 1.807) is 0 Å². The Bertz CT molecular complexity index is 1160. The molecule has 0 saturated carbocycles. The van der Waals surface area contributed by atoms with Crippen LogP contribution in [0.25, 0.3) is 16.6 Å². The van der Waals surface area contributed by atoms with Gasteiger partial charge in [-0.3, -0.25) is 4.79 Å². The zero-order valence-corrected chi connectivity index (χ0v) is 16.4. The highest BCUT2D eigenvalue weighted by Crippen LogP contribution is 2.36. The predicted octanol–water partition coefficient (Wildman–Crippen LogP) is 5.92. The minimum atomic E-state index is 0.485. The topological polar surface area (TPSA) is 30.7 Å². The molecule has 3 nitrogen and oxygen atoms in total. The molecule has 0 saturated heterocycles. The summed E-state index contributed by atoms with van der Waals surface area (Å²) in [4.78, 5) is 11.9. The van der Waals surface area contributed by atoms with Gasteiger partial charge in [0.15, 0.2) is 6.29 Å². The van der Waals surface area contributed by atoms with Crippen LogP contribution in [0, 0.1) is 20.8 Å². The van der Waals surface area contributed by atoms with Crippen molar-refractivity contribution in [2.24, 2.45) is 0 Å². The molecule has 0 aliphatic heterocycles. The first-order chi connectivity index (χ1) is 13.6. The Morgan fingerprint density at radius 1 is 0.893 bits per heavy atom. The van der Waals surface area contributed by atoms with Crippen LogP contribution in [0.15, 0.2) is 66.9 Å². The molecule has 0 spiro atoms. The molecule has 0 aliphatic rings. The third kappa shape index (κ3) is 3.31. The number of fused-ring (bicyclic) bond motifs is 1. The molecular formula is C25H23NO2. The van der Waals surface area contributed by atoms with Crippen molar-refractivity contribution in [3.63, 3.8) is 0 Å². The molecule has 0 bridgehead atoms. The number of nitrogens with zero attached hydrogens (tertiary/aromatic N) is 1. The maximum atomic E-state index is 11.9. The van der Waals surface area contributed by atoms with Crippen LogP contribution >= 0.6 is 0 Å². The van der Waals surface area contributed by atoms with Gasteiger partial charge >= 0.3 is 0 Å². The number of hydrogen-bond acceptors (Lipinski definition) is 2. The zero-order chi connectivity index (χ0) is 19.7. The summed E-state index contributed by atoms with van der Waals surface area (Å²) in [6, 6.07) is 20.5. The first kappa shape index (κ1) is 18.1. The normalized spacial score (nSPS) is 11.0. The van der Waals surface area contributed by atoms with Gasteiger partial charge in [0.05, 0.1) is 5.69 Å². The molecule has 0 atom stereocenters. The number of aromatic nitrogens is 1. The fourth-order valence-corrected chi connectivity index (χ4v) is 3.50. The van der Waals surface area contributed by atoms with Gasteiger partial charge in [0.25, 0.3) is 0 Å². The van der Waals surface area contributed by atoms with Gasteiger partial charge in [-0.2, -0.15) is 0 Å². The summed E-state index contributed by atoms with van der Waals surface area (Å²) < 4.78 is 8.14. The van der Waals surface area contributed by atoms with Crippen molar-refractivity contribution in [3.8, 4) is 16.9 Å². The quantitative estimate of drug-likeness (QED) is 0.409. The van der Waals surface area contributed by atoms with Crippen molar-refractivity contribution in [3.05, 3.63) is 94.8 Å². The van der Waals surface area contributed by atoms with E-state index in [2.05, 4.69) is 45.0 Å². The van der Waals surface area contributed by atoms with E-state index in [0.717, 1.165) is 39.8 Å². The average Bonchev–Trinajstić information content (AvgIpc) is 3.06. The fourth-order valence-electron chi connectivity index (χ4n) is 3.50. The number of carbonyl (C=O) groups excluding carboxylic acids is 1. The van der Waals surface area contributed by atoms with Crippen LogP contribution < -0.4 is 4.74 Å². The highest BCUT2D eigenvalue weighted by Gasteiger charge is 2.17. The van der Waals surface area contributed by atoms with E-state index in [-0.39, 0.29) is 0 Å². The molecule has 4 aromatic rings. The Kier molecular flexibility index (Phi) is 4.74. The molecule has 0 amide bonds. The molecule has 0 aliphatic carbocycles. The van der Waals surface area contributed by atoms with E-state index in [1.807, 2.05) is 47.0 Å². The average molecular weight is 369 g/mol. The lowest BCUT2D eigenvalue weighted by atomic mass is 9.99. The van der Waals surface area contributed by atoms with Crippen LogP contribution in [0.2, 0.25) is 0 Å². The summed E-state index contributed by atoms with van der Waals surface area (Å²) in [6.07, 6.45) is 2.87. The summed E-state index contributed by atoms with van der Waals surface area (Å²) >= 11 is 0. The van der Waals surface area contributed by atoms with Gasteiger partial charge in [-0.1, -0.05) is 30.3 Å². The molecular weight excluding hydrogens is 346 g/mol. The Morgan fingerprint density at radius 3 is 2.39 bits per heavy atom. The van der Waals surface area contributed by atoms with Crippen molar-refractivity contribution in [1.82, 2.24) is 4.40 Å². The van der Waals surface area contributed by atoms with Gasteiger partial charge in [-0.05, 0) is 73.4 Å². The van der Waals surface area contributed by atoms with Crippen molar-refractivity contribution < 1.29 is 9.53 Å². The number of aldehydes is 1. The van der Waals surface area contributed by atoms with Gasteiger partial charge in [-0.15, -0.1) is 0 Å². The second-order valence-corrected chi connectivity index (χ2v) is 7.27. The summed E-state index contributed by atoms with van der Waals surface area (Å²) in [7, 11) is 0. The van der Waals surface area contributed by atoms with Crippen LogP contribution in [0.1, 0.15) is 32.7 Å². The molecule has 3 heteroatoms. The number of aryl methyl sites for hydroxylation is 3. The summed E-state index contributed by atoms with van der Waals surface area (Å²) in [5.74, 6) is 0.794. The highest BCUT2D eigenvalue weighted by molar-refractivity contribution is 5.91. The molecule has 28 heavy (non-hydrogen) atoms. The second kappa shape index (κ2) is 7.35. The molecule has 0 unspecified atom stereocenters. The van der Waals surface area contributed by atoms with Crippen molar-refractivity contribution in [1.29, 1.82) is 0 Å². The minimum absolute atomic E-state index is 0.485. The number of ether oxygens (including phenoxy) is 1. The summed E-state index contributed by atoms with van der Waals surface area (Å²) in [6.45, 7) is 6.70. The van der Waals surface area contributed by atoms with Crippen LogP contribution in [0.3, 0.4) is 0 Å². The standard InChI is InChI=1S/C25H23NO2/c1-17-9-10-26-21(11-17)14-22(24(26)15-27)23-12-18(2)19(3)13-25(23)28-16-20-7-5-4-6-8-20/h4-15H,16H2,1-3H3. The van der Waals surface area contributed by atoms with E-state index in [1.165, 1.54) is 11.1 Å². The first-order valence-electron chi connectivity index (χ1n) is 9.42. The fraction of sp³-hybridized carbons (Fsp3) is 0.160. The van der Waals surface area contributed by atoms with E-state index in [9.17, 15) is 4.79 Å². The van der Waals surface area contributed by atoms with Crippen LogP contribution in [0.4, 0.5) is 0 Å². The number of carbonyl (C=O) groups is 1. The molecule has 2 aromatic heterocycles. The Labute approximate surface area is 165 Å². The van der Waals surface area contributed by atoms with Gasteiger partial charge in [0.1, 0.15) is 12.4 Å². The highest BCUT2D eigenvalue weighted by atomic mass is 16.5. The largest absolute Gasteiger partial charge is 0.488 e. The van der Waals surface area contributed by atoms with Crippen molar-refractivity contribution in [2.75, 3.05) is 0 Å². The molecule has 2 aromatic carbocycles. The molecule has 2 heterocycles. The smallest absolute Gasteiger partial charge is 0.167 e. The lowest BCUT2D eigenvalue weighted by Gasteiger charge is -2.14. The van der Waals surface area contributed by atoms with Crippen LogP contribution in [-0.2, 0) is 6.61 Å². The minimum Gasteiger partial charge on any atom is -0.488 e. The number of hydrogen-bond donors (Lipinski definition) is 0. The SMILES string of the molecule is Cc1ccn2c(C=O)c(-c3cc(C)c(C)cc3OCc3ccccc3)cc2c1. The number of benzene rings is 2. The van der Waals surface area contributed by atoms with Crippen LogP contribution in [0.5, 0.6) is 5.75 Å². The zero-order valence-electron chi connectivity index (χ0n) is 16.4. The van der Waals surface area contributed by atoms with Crippen LogP contribution in [-0.4, -0.2) is 10.7 Å². The summed E-state index contributed by atoms with van der Waals surface area (Å²) in [5, 5.41) is 0. The third-order valence-corrected chi connectivity index (χ3v) is 5.20. The van der Waals surface area contributed by atoms with E-state index in [4.69, 9.17) is 4.74 Å². The number of rotatable bonds is 5. The number of pyridine rings is 1. The van der Waals surface area contributed by atoms with Gasteiger partial charge in [0.2, 0.25) is 0 Å². The third-order valence-electron chi connectivity index (χ3n) is 5.20. The van der Waals surface area contributed by atoms with E-state index < -0.39 is 0 Å². The Hall–Kier alpha value is -3.33. The van der Waals surface area contributed by atoms with Crippen molar-refractivity contribution in [2.45, 2.75) is 27.4 Å². The molecule has 140 valence electrons. The molecule has 0 N–H and O–H groups in total. The Balaban J connectivity index is 1.84. The summed E-state index contributed by atoms with van der Waals surface area (Å²) in [5.41, 5.74) is 8.10. The Morgan fingerprint density at radius 2 is 1.64 bits per heavy atom. The monoisotopic (exact) mass is 369 g/mol. The molecule has 0 fully saturated rings. The molecule has 4 rings (SSSR count). The van der Waals surface area contributed by atoms with Gasteiger partial charge in [0, 0.05) is 22.8 Å². The lowest BCUT2D eigenvalue weighted by Crippen LogP contribution is -1.99. The first-order valence-corrected chi connectivity index (χ1v) is 9.42. The van der Waals surface area contributed by atoms with Crippen molar-refractivity contribution >= 4 is 11.8 Å². The van der Waals surface area contributed by atoms with E-state index >= 15 is 0 Å².